The number of fused-ring (bicyclic) bond motifs is 1. The van der Waals surface area contributed by atoms with E-state index in [9.17, 15) is 4.79 Å². The summed E-state index contributed by atoms with van der Waals surface area (Å²) in [4.78, 5) is 23.0. The molecule has 2 atom stereocenters. The van der Waals surface area contributed by atoms with Crippen molar-refractivity contribution in [2.24, 2.45) is 5.92 Å². The zero-order chi connectivity index (χ0) is 27.6. The van der Waals surface area contributed by atoms with Gasteiger partial charge in [0.2, 0.25) is 5.91 Å². The van der Waals surface area contributed by atoms with Crippen LogP contribution in [-0.4, -0.2) is 64.5 Å². The van der Waals surface area contributed by atoms with Crippen LogP contribution in [0.1, 0.15) is 42.5 Å². The maximum atomic E-state index is 13.3. The maximum absolute atomic E-state index is 13.3. The lowest BCUT2D eigenvalue weighted by Gasteiger charge is -2.38. The minimum atomic E-state index is 0.109. The normalized spacial score (nSPS) is 20.2. The Hall–Kier alpha value is -3.48. The largest absolute Gasteiger partial charge is 0.381 e. The predicted octanol–water partition coefficient (Wildman–Crippen LogP) is 6.13. The van der Waals surface area contributed by atoms with Crippen molar-refractivity contribution in [3.63, 3.8) is 0 Å². The molecule has 6 nitrogen and oxygen atoms in total. The summed E-state index contributed by atoms with van der Waals surface area (Å²) in [5.74, 6) is 0.427. The van der Waals surface area contributed by atoms with Crippen LogP contribution in [0.25, 0.3) is 28.0 Å². The zero-order valence-corrected chi connectivity index (χ0v) is 24.0. The summed E-state index contributed by atoms with van der Waals surface area (Å²) in [6.07, 6.45) is 6.46. The number of pyridine rings is 1. The molecule has 4 aromatic rings. The van der Waals surface area contributed by atoms with E-state index in [1.165, 1.54) is 27.9 Å². The summed E-state index contributed by atoms with van der Waals surface area (Å²) in [6.45, 7) is 8.32. The molecule has 1 amide bonds. The zero-order valence-electron chi connectivity index (χ0n) is 24.0. The van der Waals surface area contributed by atoms with Gasteiger partial charge in [-0.1, -0.05) is 66.1 Å². The molecular weight excluding hydrogens is 496 g/mol. The average Bonchev–Trinajstić information content (AvgIpc) is 3.35. The Morgan fingerprint density at radius 1 is 0.900 bits per heavy atom. The first-order chi connectivity index (χ1) is 19.5. The minimum Gasteiger partial charge on any atom is -0.381 e. The Bertz CT molecular complexity index is 1480. The molecule has 0 unspecified atom stereocenters. The van der Waals surface area contributed by atoms with Gasteiger partial charge in [0.25, 0.3) is 0 Å². The minimum absolute atomic E-state index is 0.109. The molecule has 0 N–H and O–H groups in total. The summed E-state index contributed by atoms with van der Waals surface area (Å²) >= 11 is 0. The van der Waals surface area contributed by atoms with Crippen molar-refractivity contribution in [1.82, 2.24) is 19.2 Å². The number of hydrogen-bond donors (Lipinski definition) is 0. The van der Waals surface area contributed by atoms with Crippen molar-refractivity contribution < 1.29 is 9.53 Å². The highest BCUT2D eigenvalue weighted by molar-refractivity contribution is 5.79. The number of imidazole rings is 1. The summed E-state index contributed by atoms with van der Waals surface area (Å²) in [6, 6.07) is 21.6. The monoisotopic (exact) mass is 536 g/mol. The highest BCUT2D eigenvalue weighted by atomic mass is 16.5. The van der Waals surface area contributed by atoms with E-state index in [4.69, 9.17) is 9.72 Å². The third-order valence-electron chi connectivity index (χ3n) is 8.76. The third kappa shape index (κ3) is 5.56. The molecular formula is C34H40N4O2. The number of benzene rings is 2. The molecule has 1 aliphatic heterocycles. The van der Waals surface area contributed by atoms with E-state index in [0.717, 1.165) is 75.3 Å². The van der Waals surface area contributed by atoms with Crippen LogP contribution in [0.2, 0.25) is 0 Å². The lowest BCUT2D eigenvalue weighted by Crippen LogP contribution is -2.50. The van der Waals surface area contributed by atoms with Gasteiger partial charge in [-0.2, -0.15) is 0 Å². The fourth-order valence-corrected chi connectivity index (χ4v) is 6.36. The van der Waals surface area contributed by atoms with Gasteiger partial charge < -0.3 is 14.0 Å². The summed E-state index contributed by atoms with van der Waals surface area (Å²) in [5, 5.41) is 0. The summed E-state index contributed by atoms with van der Waals surface area (Å²) in [7, 11) is 1.77. The van der Waals surface area contributed by atoms with E-state index in [2.05, 4.69) is 94.9 Å². The number of piperazine rings is 1. The number of carbonyl (C=O) groups is 1. The van der Waals surface area contributed by atoms with Crippen molar-refractivity contribution in [2.75, 3.05) is 33.3 Å². The van der Waals surface area contributed by atoms with Crippen LogP contribution in [0.5, 0.6) is 0 Å². The van der Waals surface area contributed by atoms with Gasteiger partial charge in [0.05, 0.1) is 17.5 Å². The van der Waals surface area contributed by atoms with Gasteiger partial charge in [-0.25, -0.2) is 4.98 Å². The molecule has 0 spiro atoms. The maximum Gasteiger partial charge on any atom is 0.225 e. The highest BCUT2D eigenvalue weighted by Gasteiger charge is 2.32. The molecule has 1 saturated carbocycles. The Kier molecular flexibility index (Phi) is 7.72. The number of carbonyl (C=O) groups excluding carboxylic acids is 1. The fourth-order valence-electron chi connectivity index (χ4n) is 6.36. The molecule has 1 aliphatic carbocycles. The van der Waals surface area contributed by atoms with Gasteiger partial charge in [-0.15, -0.1) is 0 Å². The van der Waals surface area contributed by atoms with Crippen molar-refractivity contribution in [3.05, 3.63) is 83.7 Å². The van der Waals surface area contributed by atoms with E-state index in [-0.39, 0.29) is 12.0 Å². The van der Waals surface area contributed by atoms with Crippen LogP contribution in [0, 0.1) is 19.8 Å². The topological polar surface area (TPSA) is 50.1 Å². The first-order valence-electron chi connectivity index (χ1n) is 14.7. The van der Waals surface area contributed by atoms with Gasteiger partial charge in [0.1, 0.15) is 5.65 Å². The number of rotatable bonds is 6. The first kappa shape index (κ1) is 26.7. The summed E-state index contributed by atoms with van der Waals surface area (Å²) < 4.78 is 7.85. The number of methoxy groups -OCH3 is 1. The number of aryl methyl sites for hydroxylation is 2. The molecule has 6 rings (SSSR count). The predicted molar refractivity (Wildman–Crippen MR) is 160 cm³/mol. The van der Waals surface area contributed by atoms with E-state index in [1.807, 2.05) is 0 Å². The van der Waals surface area contributed by atoms with Crippen LogP contribution < -0.4 is 0 Å². The SMILES string of the molecule is CO[C@H]1CCC[C@@H](C(=O)N2CCN(Cc3c(-c4ccc(C)cc4)nc4ccc(-c5cccc(C)c5)cn34)CC2)C1. The van der Waals surface area contributed by atoms with Gasteiger partial charge in [0.15, 0.2) is 0 Å². The van der Waals surface area contributed by atoms with Crippen molar-refractivity contribution in [1.29, 1.82) is 0 Å². The van der Waals surface area contributed by atoms with Crippen molar-refractivity contribution in [3.8, 4) is 22.4 Å². The number of ether oxygens (including phenoxy) is 1. The van der Waals surface area contributed by atoms with Crippen LogP contribution >= 0.6 is 0 Å². The van der Waals surface area contributed by atoms with Crippen LogP contribution in [0.4, 0.5) is 0 Å². The second kappa shape index (κ2) is 11.6. The first-order valence-corrected chi connectivity index (χ1v) is 14.7. The molecule has 1 saturated heterocycles. The summed E-state index contributed by atoms with van der Waals surface area (Å²) in [5.41, 5.74) is 9.22. The van der Waals surface area contributed by atoms with Crippen molar-refractivity contribution in [2.45, 2.75) is 52.2 Å². The molecule has 40 heavy (non-hydrogen) atoms. The second-order valence-corrected chi connectivity index (χ2v) is 11.6. The van der Waals surface area contributed by atoms with E-state index in [1.54, 1.807) is 7.11 Å². The van der Waals surface area contributed by atoms with Gasteiger partial charge in [-0.05, 0) is 56.4 Å². The second-order valence-electron chi connectivity index (χ2n) is 11.6. The Morgan fingerprint density at radius 2 is 1.68 bits per heavy atom. The molecule has 3 heterocycles. The molecule has 0 radical (unpaired) electrons. The van der Waals surface area contributed by atoms with Crippen LogP contribution in [0.3, 0.4) is 0 Å². The molecule has 6 heteroatoms. The van der Waals surface area contributed by atoms with Crippen LogP contribution in [0.15, 0.2) is 66.9 Å². The molecule has 0 bridgehead atoms. The van der Waals surface area contributed by atoms with E-state index in [0.29, 0.717) is 5.91 Å². The van der Waals surface area contributed by atoms with Crippen LogP contribution in [-0.2, 0) is 16.1 Å². The van der Waals surface area contributed by atoms with E-state index < -0.39 is 0 Å². The highest BCUT2D eigenvalue weighted by Crippen LogP contribution is 2.31. The number of amides is 1. The molecule has 2 aromatic carbocycles. The smallest absolute Gasteiger partial charge is 0.225 e. The third-order valence-corrected chi connectivity index (χ3v) is 8.76. The fraction of sp³-hybridized carbons (Fsp3) is 0.412. The number of aromatic nitrogens is 2. The van der Waals surface area contributed by atoms with Gasteiger partial charge >= 0.3 is 0 Å². The quantitative estimate of drug-likeness (QED) is 0.297. The number of nitrogens with zero attached hydrogens (tertiary/aromatic N) is 4. The lowest BCUT2D eigenvalue weighted by atomic mass is 9.86. The average molecular weight is 537 g/mol. The Morgan fingerprint density at radius 3 is 2.42 bits per heavy atom. The lowest BCUT2D eigenvalue weighted by molar-refractivity contribution is -0.140. The van der Waals surface area contributed by atoms with Gasteiger partial charge in [-0.3, -0.25) is 9.69 Å². The Labute approximate surface area is 237 Å². The van der Waals surface area contributed by atoms with Gasteiger partial charge in [0, 0.05) is 57.5 Å². The van der Waals surface area contributed by atoms with E-state index >= 15 is 0 Å². The molecule has 2 fully saturated rings. The Balaban J connectivity index is 1.25. The molecule has 2 aliphatic rings. The van der Waals surface area contributed by atoms with Crippen molar-refractivity contribution >= 4 is 11.6 Å². The standard InChI is InChI=1S/C34H40N4O2/c1-24-10-12-26(13-11-24)33-31(38-22-29(14-15-32(38)35-33)27-7-4-6-25(2)20-27)23-36-16-18-37(19-17-36)34(39)28-8-5-9-30(21-28)40-3/h4,6-7,10-15,20,22,28,30H,5,8-9,16-19,21,23H2,1-3H3/t28-,30+/m1/s1. The number of hydrogen-bond acceptors (Lipinski definition) is 4. The molecule has 208 valence electrons. The molecule has 2 aromatic heterocycles.